The highest BCUT2D eigenvalue weighted by Crippen LogP contribution is 2.34. The first-order valence-corrected chi connectivity index (χ1v) is 9.72. The van der Waals surface area contributed by atoms with Crippen molar-refractivity contribution in [1.82, 2.24) is 24.8 Å². The average Bonchev–Trinajstić information content (AvgIpc) is 3.28. The lowest BCUT2D eigenvalue weighted by atomic mass is 10.0. The van der Waals surface area contributed by atoms with Crippen molar-refractivity contribution in [3.8, 4) is 22.5 Å². The van der Waals surface area contributed by atoms with Crippen LogP contribution >= 0.6 is 0 Å². The van der Waals surface area contributed by atoms with Crippen LogP contribution in [0.5, 0.6) is 0 Å². The topological polar surface area (TPSA) is 97.2 Å². The van der Waals surface area contributed by atoms with E-state index < -0.39 is 11.9 Å². The third-order valence-corrected chi connectivity index (χ3v) is 5.67. The molecule has 2 aliphatic heterocycles. The summed E-state index contributed by atoms with van der Waals surface area (Å²) in [6.07, 6.45) is 5.87. The Labute approximate surface area is 172 Å². The molecular weight excluding hydrogens is 382 g/mol. The van der Waals surface area contributed by atoms with Crippen molar-refractivity contribution in [2.75, 3.05) is 0 Å². The number of amides is 3. The number of aryl methyl sites for hydroxylation is 1. The fourth-order valence-corrected chi connectivity index (χ4v) is 4.21. The Kier molecular flexibility index (Phi) is 4.20. The highest BCUT2D eigenvalue weighted by Gasteiger charge is 2.39. The molecule has 1 saturated heterocycles. The molecule has 1 N–H and O–H groups in total. The monoisotopic (exact) mass is 401 g/mol. The van der Waals surface area contributed by atoms with Crippen LogP contribution in [0.3, 0.4) is 0 Å². The lowest BCUT2D eigenvalue weighted by Crippen LogP contribution is -2.52. The Hall–Kier alpha value is -3.81. The van der Waals surface area contributed by atoms with Gasteiger partial charge in [-0.3, -0.25) is 24.7 Å². The molecule has 0 bridgehead atoms. The summed E-state index contributed by atoms with van der Waals surface area (Å²) in [6, 6.07) is 8.88. The molecule has 3 amide bonds. The SMILES string of the molecule is Cn1cnc(-c2ccc3c(c2)CN(C2CCC(=O)NC2=O)C3=O)c1-c1cccnc1. The van der Waals surface area contributed by atoms with Crippen molar-refractivity contribution in [2.45, 2.75) is 25.4 Å². The molecule has 5 rings (SSSR count). The maximum Gasteiger partial charge on any atom is 0.255 e. The van der Waals surface area contributed by atoms with Crippen LogP contribution in [0.4, 0.5) is 0 Å². The van der Waals surface area contributed by atoms with Gasteiger partial charge in [0.25, 0.3) is 5.91 Å². The highest BCUT2D eigenvalue weighted by atomic mass is 16.2. The Morgan fingerprint density at radius 2 is 2.00 bits per heavy atom. The molecule has 1 unspecified atom stereocenters. The lowest BCUT2D eigenvalue weighted by molar-refractivity contribution is -0.136. The second-order valence-electron chi connectivity index (χ2n) is 7.57. The average molecular weight is 401 g/mol. The van der Waals surface area contributed by atoms with Crippen LogP contribution in [-0.4, -0.2) is 43.2 Å². The number of imide groups is 1. The normalized spacial score (nSPS) is 18.5. The Balaban J connectivity index is 1.49. The van der Waals surface area contributed by atoms with E-state index in [0.29, 0.717) is 18.5 Å². The molecule has 2 aliphatic rings. The summed E-state index contributed by atoms with van der Waals surface area (Å²) in [4.78, 5) is 46.9. The van der Waals surface area contributed by atoms with Crippen molar-refractivity contribution in [2.24, 2.45) is 7.05 Å². The predicted molar refractivity (Wildman–Crippen MR) is 108 cm³/mol. The van der Waals surface area contributed by atoms with Crippen LogP contribution in [0.25, 0.3) is 22.5 Å². The first-order valence-electron chi connectivity index (χ1n) is 9.72. The minimum absolute atomic E-state index is 0.181. The number of benzene rings is 1. The van der Waals surface area contributed by atoms with Crippen LogP contribution in [-0.2, 0) is 23.2 Å². The number of rotatable bonds is 3. The smallest absolute Gasteiger partial charge is 0.255 e. The summed E-state index contributed by atoms with van der Waals surface area (Å²) in [5.41, 5.74) is 5.03. The van der Waals surface area contributed by atoms with Gasteiger partial charge in [-0.05, 0) is 36.2 Å². The van der Waals surface area contributed by atoms with E-state index in [1.165, 1.54) is 0 Å². The first-order chi connectivity index (χ1) is 14.5. The predicted octanol–water partition coefficient (Wildman–Crippen LogP) is 1.91. The van der Waals surface area contributed by atoms with Gasteiger partial charge in [-0.2, -0.15) is 0 Å². The number of carbonyl (C=O) groups is 3. The van der Waals surface area contributed by atoms with E-state index in [4.69, 9.17) is 0 Å². The van der Waals surface area contributed by atoms with E-state index in [-0.39, 0.29) is 18.2 Å². The van der Waals surface area contributed by atoms with Gasteiger partial charge in [0, 0.05) is 49.1 Å². The van der Waals surface area contributed by atoms with Crippen LogP contribution in [0.2, 0.25) is 0 Å². The van der Waals surface area contributed by atoms with Gasteiger partial charge in [-0.1, -0.05) is 6.07 Å². The molecule has 0 radical (unpaired) electrons. The standard InChI is InChI=1S/C22H19N5O3/c1-26-12-24-19(20(26)14-3-2-8-23-10-14)13-4-5-16-15(9-13)11-27(22(16)30)17-6-7-18(28)25-21(17)29/h2-5,8-10,12,17H,6-7,11H2,1H3,(H,25,28,29). The zero-order chi connectivity index (χ0) is 20.8. The van der Waals surface area contributed by atoms with Gasteiger partial charge in [0.2, 0.25) is 11.8 Å². The second kappa shape index (κ2) is 6.91. The van der Waals surface area contributed by atoms with Crippen molar-refractivity contribution in [3.05, 3.63) is 60.2 Å². The fraction of sp³-hybridized carbons (Fsp3) is 0.227. The molecule has 0 spiro atoms. The molecule has 1 atom stereocenters. The number of carbonyl (C=O) groups excluding carboxylic acids is 3. The number of pyridine rings is 1. The summed E-state index contributed by atoms with van der Waals surface area (Å²) in [5.74, 6) is -0.878. The molecule has 8 heteroatoms. The van der Waals surface area contributed by atoms with Crippen molar-refractivity contribution in [1.29, 1.82) is 0 Å². The van der Waals surface area contributed by atoms with Gasteiger partial charge in [0.1, 0.15) is 6.04 Å². The number of imidazole rings is 1. The van der Waals surface area contributed by atoms with E-state index in [1.54, 1.807) is 29.7 Å². The molecule has 0 aliphatic carbocycles. The number of hydrogen-bond acceptors (Lipinski definition) is 5. The van der Waals surface area contributed by atoms with E-state index in [9.17, 15) is 14.4 Å². The molecule has 1 aromatic carbocycles. The minimum Gasteiger partial charge on any atom is -0.333 e. The lowest BCUT2D eigenvalue weighted by Gasteiger charge is -2.29. The number of aromatic nitrogens is 3. The molecular formula is C22H19N5O3. The Morgan fingerprint density at radius 3 is 2.77 bits per heavy atom. The number of fused-ring (bicyclic) bond motifs is 1. The van der Waals surface area contributed by atoms with Crippen molar-refractivity contribution in [3.63, 3.8) is 0 Å². The van der Waals surface area contributed by atoms with Gasteiger partial charge < -0.3 is 9.47 Å². The summed E-state index contributed by atoms with van der Waals surface area (Å²) in [5, 5.41) is 2.33. The number of nitrogens with one attached hydrogen (secondary N) is 1. The molecule has 4 heterocycles. The molecule has 8 nitrogen and oxygen atoms in total. The van der Waals surface area contributed by atoms with Crippen molar-refractivity contribution < 1.29 is 14.4 Å². The third-order valence-electron chi connectivity index (χ3n) is 5.67. The Bertz CT molecular complexity index is 1180. The van der Waals surface area contributed by atoms with Crippen molar-refractivity contribution >= 4 is 17.7 Å². The van der Waals surface area contributed by atoms with E-state index in [1.807, 2.05) is 35.9 Å². The molecule has 150 valence electrons. The quantitative estimate of drug-likeness (QED) is 0.676. The molecule has 0 saturated carbocycles. The number of piperidine rings is 1. The molecule has 2 aromatic heterocycles. The second-order valence-corrected chi connectivity index (χ2v) is 7.57. The first kappa shape index (κ1) is 18.2. The van der Waals surface area contributed by atoms with Gasteiger partial charge in [0.05, 0.1) is 17.7 Å². The third kappa shape index (κ3) is 2.88. The summed E-state index contributed by atoms with van der Waals surface area (Å²) in [7, 11) is 1.93. The molecule has 3 aromatic rings. The summed E-state index contributed by atoms with van der Waals surface area (Å²) < 4.78 is 1.94. The number of hydrogen-bond donors (Lipinski definition) is 1. The fourth-order valence-electron chi connectivity index (χ4n) is 4.21. The van der Waals surface area contributed by atoms with Crippen LogP contribution in [0.1, 0.15) is 28.8 Å². The summed E-state index contributed by atoms with van der Waals surface area (Å²) in [6.45, 7) is 0.337. The van der Waals surface area contributed by atoms with Gasteiger partial charge in [0.15, 0.2) is 0 Å². The maximum absolute atomic E-state index is 12.9. The Morgan fingerprint density at radius 1 is 1.13 bits per heavy atom. The zero-order valence-electron chi connectivity index (χ0n) is 16.3. The van der Waals surface area contributed by atoms with E-state index in [2.05, 4.69) is 15.3 Å². The highest BCUT2D eigenvalue weighted by molar-refractivity contribution is 6.05. The largest absolute Gasteiger partial charge is 0.333 e. The maximum atomic E-state index is 12.9. The van der Waals surface area contributed by atoms with E-state index >= 15 is 0 Å². The zero-order valence-corrected chi connectivity index (χ0v) is 16.3. The minimum atomic E-state index is -0.619. The summed E-state index contributed by atoms with van der Waals surface area (Å²) >= 11 is 0. The van der Waals surface area contributed by atoms with Gasteiger partial charge >= 0.3 is 0 Å². The van der Waals surface area contributed by atoms with E-state index in [0.717, 1.165) is 28.1 Å². The van der Waals surface area contributed by atoms with Gasteiger partial charge in [-0.25, -0.2) is 4.98 Å². The molecule has 30 heavy (non-hydrogen) atoms. The van der Waals surface area contributed by atoms with Gasteiger partial charge in [-0.15, -0.1) is 0 Å². The van der Waals surface area contributed by atoms with Crippen LogP contribution in [0.15, 0.2) is 49.1 Å². The van der Waals surface area contributed by atoms with Crippen LogP contribution < -0.4 is 5.32 Å². The number of nitrogens with zero attached hydrogens (tertiary/aromatic N) is 4. The van der Waals surface area contributed by atoms with Crippen LogP contribution in [0, 0.1) is 0 Å². The molecule has 1 fully saturated rings.